The maximum absolute atomic E-state index is 12.0. The number of amides is 2. The number of alkyl halides is 1. The van der Waals surface area contributed by atoms with Gasteiger partial charge in [0.05, 0.1) is 11.1 Å². The lowest BCUT2D eigenvalue weighted by Crippen LogP contribution is -2.31. The molecule has 0 saturated carbocycles. The van der Waals surface area contributed by atoms with Crippen molar-refractivity contribution in [3.63, 3.8) is 0 Å². The first-order valence-electron chi connectivity index (χ1n) is 5.68. The van der Waals surface area contributed by atoms with Crippen LogP contribution in [0.1, 0.15) is 33.6 Å². The molecule has 0 bridgehead atoms. The molecule has 2 rings (SSSR count). The summed E-state index contributed by atoms with van der Waals surface area (Å²) in [7, 11) is 0. The van der Waals surface area contributed by atoms with E-state index in [1.807, 2.05) is 0 Å². The molecule has 1 heterocycles. The largest absolute Gasteiger partial charge is 0.297 e. The smallest absolute Gasteiger partial charge is 0.261 e. The second-order valence-electron chi connectivity index (χ2n) is 4.08. The van der Waals surface area contributed by atoms with Gasteiger partial charge in [0, 0.05) is 13.0 Å². The van der Waals surface area contributed by atoms with Crippen molar-refractivity contribution in [3.8, 4) is 0 Å². The number of carbonyl (C=O) groups excluding carboxylic acids is 3. The van der Waals surface area contributed by atoms with Gasteiger partial charge in [-0.2, -0.15) is 0 Å². The molecule has 0 N–H and O–H groups in total. The number of nitrogens with zero attached hydrogens (tertiary/aromatic N) is 1. The number of rotatable bonds is 5. The van der Waals surface area contributed by atoms with Gasteiger partial charge in [0.1, 0.15) is 6.67 Å². The Bertz CT molecular complexity index is 478. The van der Waals surface area contributed by atoms with Crippen molar-refractivity contribution in [1.82, 2.24) is 4.90 Å². The SMILES string of the molecule is O=C(CF)CCCN1C(=O)c2ccccc2C1=O. The number of hydrogen-bond donors (Lipinski definition) is 0. The van der Waals surface area contributed by atoms with Crippen molar-refractivity contribution in [3.05, 3.63) is 35.4 Å². The number of halogens is 1. The Morgan fingerprint density at radius 1 is 1.11 bits per heavy atom. The highest BCUT2D eigenvalue weighted by Gasteiger charge is 2.34. The van der Waals surface area contributed by atoms with Crippen molar-refractivity contribution in [2.45, 2.75) is 12.8 Å². The van der Waals surface area contributed by atoms with Crippen molar-refractivity contribution in [2.75, 3.05) is 13.2 Å². The third-order valence-corrected chi connectivity index (χ3v) is 2.86. The standard InChI is InChI=1S/C13H12FNO3/c14-8-9(16)4-3-7-15-12(17)10-5-1-2-6-11(10)13(15)18/h1-2,5-6H,3-4,7-8H2. The minimum absolute atomic E-state index is 0.0455. The van der Waals surface area contributed by atoms with Crippen LogP contribution in [0.15, 0.2) is 24.3 Å². The first-order chi connectivity index (χ1) is 8.65. The third kappa shape index (κ3) is 2.16. The quantitative estimate of drug-likeness (QED) is 0.745. The van der Waals surface area contributed by atoms with Crippen LogP contribution in [0.2, 0.25) is 0 Å². The van der Waals surface area contributed by atoms with Gasteiger partial charge in [0.2, 0.25) is 0 Å². The van der Waals surface area contributed by atoms with E-state index in [4.69, 9.17) is 0 Å². The van der Waals surface area contributed by atoms with Crippen LogP contribution in [-0.2, 0) is 4.79 Å². The Hall–Kier alpha value is -2.04. The lowest BCUT2D eigenvalue weighted by molar-refractivity contribution is -0.120. The van der Waals surface area contributed by atoms with Gasteiger partial charge >= 0.3 is 0 Å². The molecule has 0 unspecified atom stereocenters. The molecule has 0 aromatic heterocycles. The maximum atomic E-state index is 12.0. The molecule has 18 heavy (non-hydrogen) atoms. The first-order valence-corrected chi connectivity index (χ1v) is 5.68. The molecule has 94 valence electrons. The molecule has 4 nitrogen and oxygen atoms in total. The van der Waals surface area contributed by atoms with Crippen LogP contribution in [0.4, 0.5) is 4.39 Å². The van der Waals surface area contributed by atoms with Crippen molar-refractivity contribution in [2.24, 2.45) is 0 Å². The predicted molar refractivity (Wildman–Crippen MR) is 62.0 cm³/mol. The maximum Gasteiger partial charge on any atom is 0.261 e. The molecule has 1 aromatic carbocycles. The molecular weight excluding hydrogens is 237 g/mol. The summed E-state index contributed by atoms with van der Waals surface area (Å²) < 4.78 is 12.0. The average molecular weight is 249 g/mol. The minimum Gasteiger partial charge on any atom is -0.297 e. The lowest BCUT2D eigenvalue weighted by Gasteiger charge is -2.12. The molecule has 5 heteroatoms. The van der Waals surface area contributed by atoms with E-state index in [2.05, 4.69) is 0 Å². The summed E-state index contributed by atoms with van der Waals surface area (Å²) in [5.41, 5.74) is 0.777. The number of imide groups is 1. The summed E-state index contributed by atoms with van der Waals surface area (Å²) in [6.45, 7) is -0.847. The minimum atomic E-state index is -0.998. The number of ketones is 1. The second kappa shape index (κ2) is 5.08. The zero-order valence-corrected chi connectivity index (χ0v) is 9.69. The van der Waals surface area contributed by atoms with E-state index in [1.54, 1.807) is 24.3 Å². The number of benzene rings is 1. The summed E-state index contributed by atoms with van der Waals surface area (Å²) >= 11 is 0. The van der Waals surface area contributed by atoms with Crippen LogP contribution < -0.4 is 0 Å². The van der Waals surface area contributed by atoms with Crippen LogP contribution in [0.3, 0.4) is 0 Å². The molecule has 0 saturated heterocycles. The first kappa shape index (κ1) is 12.4. The molecule has 1 aromatic rings. The summed E-state index contributed by atoms with van der Waals surface area (Å²) in [4.78, 5) is 35.7. The Labute approximate surface area is 103 Å². The average Bonchev–Trinajstić information content (AvgIpc) is 2.64. The fourth-order valence-electron chi connectivity index (χ4n) is 1.94. The fourth-order valence-corrected chi connectivity index (χ4v) is 1.94. The number of fused-ring (bicyclic) bond motifs is 1. The molecule has 2 amide bonds. The zero-order valence-electron chi connectivity index (χ0n) is 9.69. The van der Waals surface area contributed by atoms with E-state index < -0.39 is 12.5 Å². The highest BCUT2D eigenvalue weighted by atomic mass is 19.1. The molecule has 0 spiro atoms. The van der Waals surface area contributed by atoms with Crippen LogP contribution in [0, 0.1) is 0 Å². The van der Waals surface area contributed by atoms with Gasteiger partial charge in [-0.1, -0.05) is 12.1 Å². The normalized spacial score (nSPS) is 13.9. The number of carbonyl (C=O) groups is 3. The summed E-state index contributed by atoms with van der Waals surface area (Å²) in [5, 5.41) is 0. The Morgan fingerprint density at radius 2 is 1.67 bits per heavy atom. The van der Waals surface area contributed by atoms with Crippen LogP contribution in [0.5, 0.6) is 0 Å². The van der Waals surface area contributed by atoms with E-state index >= 15 is 0 Å². The molecule has 1 aliphatic heterocycles. The van der Waals surface area contributed by atoms with Gasteiger partial charge in [-0.15, -0.1) is 0 Å². The second-order valence-corrected chi connectivity index (χ2v) is 4.08. The third-order valence-electron chi connectivity index (χ3n) is 2.86. The molecule has 0 radical (unpaired) electrons. The van der Waals surface area contributed by atoms with Gasteiger partial charge in [0.25, 0.3) is 11.8 Å². The highest BCUT2D eigenvalue weighted by molar-refractivity contribution is 6.21. The van der Waals surface area contributed by atoms with Gasteiger partial charge in [-0.05, 0) is 18.6 Å². The lowest BCUT2D eigenvalue weighted by atomic mass is 10.1. The van der Waals surface area contributed by atoms with Crippen molar-refractivity contribution in [1.29, 1.82) is 0 Å². The summed E-state index contributed by atoms with van der Waals surface area (Å²) in [5.74, 6) is -1.20. The van der Waals surface area contributed by atoms with Gasteiger partial charge in [-0.3, -0.25) is 19.3 Å². The molecular formula is C13H12FNO3. The monoisotopic (exact) mass is 249 g/mol. The Balaban J connectivity index is 2.03. The van der Waals surface area contributed by atoms with Crippen LogP contribution in [0.25, 0.3) is 0 Å². The zero-order chi connectivity index (χ0) is 13.1. The summed E-state index contributed by atoms with van der Waals surface area (Å²) in [6.07, 6.45) is 0.345. The predicted octanol–water partition coefficient (Wildman–Crippen LogP) is 1.60. The number of Topliss-reactive ketones (excluding diaryl/α,β-unsaturated/α-hetero) is 1. The van der Waals surface area contributed by atoms with Crippen LogP contribution in [-0.4, -0.2) is 35.7 Å². The van der Waals surface area contributed by atoms with Crippen LogP contribution >= 0.6 is 0 Å². The van der Waals surface area contributed by atoms with Crippen molar-refractivity contribution < 1.29 is 18.8 Å². The van der Waals surface area contributed by atoms with E-state index in [0.717, 1.165) is 4.90 Å². The topological polar surface area (TPSA) is 54.5 Å². The molecule has 1 aliphatic rings. The number of hydrogen-bond acceptors (Lipinski definition) is 3. The Kier molecular flexibility index (Phi) is 3.50. The van der Waals surface area contributed by atoms with Gasteiger partial charge in [-0.25, -0.2) is 4.39 Å². The van der Waals surface area contributed by atoms with E-state index in [1.165, 1.54) is 0 Å². The van der Waals surface area contributed by atoms with Crippen molar-refractivity contribution >= 4 is 17.6 Å². The van der Waals surface area contributed by atoms with E-state index in [-0.39, 0.29) is 24.8 Å². The highest BCUT2D eigenvalue weighted by Crippen LogP contribution is 2.22. The van der Waals surface area contributed by atoms with Gasteiger partial charge < -0.3 is 0 Å². The molecule has 0 fully saturated rings. The van der Waals surface area contributed by atoms with E-state index in [0.29, 0.717) is 17.5 Å². The fraction of sp³-hybridized carbons (Fsp3) is 0.308. The summed E-state index contributed by atoms with van der Waals surface area (Å²) in [6, 6.07) is 6.59. The molecule has 0 atom stereocenters. The Morgan fingerprint density at radius 3 is 2.17 bits per heavy atom. The van der Waals surface area contributed by atoms with Gasteiger partial charge in [0.15, 0.2) is 5.78 Å². The van der Waals surface area contributed by atoms with E-state index in [9.17, 15) is 18.8 Å². The molecule has 0 aliphatic carbocycles.